The van der Waals surface area contributed by atoms with E-state index >= 15 is 0 Å². The average Bonchev–Trinajstić information content (AvgIpc) is 2.10. The van der Waals surface area contributed by atoms with Gasteiger partial charge in [-0.2, -0.15) is 5.26 Å². The maximum atomic E-state index is 8.41. The summed E-state index contributed by atoms with van der Waals surface area (Å²) < 4.78 is 0. The highest BCUT2D eigenvalue weighted by molar-refractivity contribution is 6.41. The van der Waals surface area contributed by atoms with Crippen LogP contribution in [0.3, 0.4) is 0 Å². The van der Waals surface area contributed by atoms with Crippen molar-refractivity contribution in [2.45, 2.75) is 12.5 Å². The largest absolute Gasteiger partial charge is 0.323 e. The zero-order valence-corrected chi connectivity index (χ0v) is 8.18. The molecule has 1 rings (SSSR count). The smallest absolute Gasteiger partial charge is 0.147 e. The third-order valence-electron chi connectivity index (χ3n) is 1.56. The highest BCUT2D eigenvalue weighted by atomic mass is 35.5. The number of pyridine rings is 1. The van der Waals surface area contributed by atoms with Crippen molar-refractivity contribution < 1.29 is 0 Å². The lowest BCUT2D eigenvalue weighted by atomic mass is 10.1. The van der Waals surface area contributed by atoms with Crippen LogP contribution in [0.5, 0.6) is 0 Å². The second-order valence-electron chi connectivity index (χ2n) is 2.51. The van der Waals surface area contributed by atoms with Gasteiger partial charge in [0.15, 0.2) is 0 Å². The molecule has 68 valence electrons. The number of hydrogen-bond acceptors (Lipinski definition) is 3. The SMILES string of the molecule is N#CC[C@H](N)c1cnc(Cl)c(Cl)c1. The van der Waals surface area contributed by atoms with E-state index in [-0.39, 0.29) is 17.6 Å². The fourth-order valence-electron chi connectivity index (χ4n) is 0.855. The van der Waals surface area contributed by atoms with Gasteiger partial charge in [0, 0.05) is 12.2 Å². The van der Waals surface area contributed by atoms with Crippen LogP contribution in [0.4, 0.5) is 0 Å². The van der Waals surface area contributed by atoms with E-state index in [2.05, 4.69) is 4.98 Å². The fraction of sp³-hybridized carbons (Fsp3) is 0.250. The van der Waals surface area contributed by atoms with Crippen LogP contribution < -0.4 is 5.73 Å². The zero-order valence-electron chi connectivity index (χ0n) is 6.67. The molecule has 0 aliphatic carbocycles. The van der Waals surface area contributed by atoms with Crippen molar-refractivity contribution in [3.05, 3.63) is 28.0 Å². The molecule has 0 aromatic carbocycles. The molecule has 1 heterocycles. The minimum atomic E-state index is -0.354. The molecule has 1 aromatic rings. The van der Waals surface area contributed by atoms with Gasteiger partial charge in [-0.1, -0.05) is 23.2 Å². The monoisotopic (exact) mass is 215 g/mol. The molecule has 0 spiro atoms. The van der Waals surface area contributed by atoms with Gasteiger partial charge in [-0.05, 0) is 11.6 Å². The molecule has 0 radical (unpaired) electrons. The minimum Gasteiger partial charge on any atom is -0.323 e. The Morgan fingerprint density at radius 1 is 1.62 bits per heavy atom. The van der Waals surface area contributed by atoms with Gasteiger partial charge in [0.05, 0.1) is 17.5 Å². The first-order chi connectivity index (χ1) is 6.15. The maximum Gasteiger partial charge on any atom is 0.147 e. The van der Waals surface area contributed by atoms with Crippen LogP contribution >= 0.6 is 23.2 Å². The number of nitrogens with two attached hydrogens (primary N) is 1. The molecule has 0 aliphatic rings. The summed E-state index contributed by atoms with van der Waals surface area (Å²) in [6.45, 7) is 0. The molecule has 13 heavy (non-hydrogen) atoms. The average molecular weight is 216 g/mol. The quantitative estimate of drug-likeness (QED) is 0.771. The van der Waals surface area contributed by atoms with Crippen molar-refractivity contribution in [2.75, 3.05) is 0 Å². The Morgan fingerprint density at radius 2 is 2.31 bits per heavy atom. The third-order valence-corrected chi connectivity index (χ3v) is 2.24. The number of hydrogen-bond donors (Lipinski definition) is 1. The first kappa shape index (κ1) is 10.3. The molecule has 0 fully saturated rings. The van der Waals surface area contributed by atoms with Crippen molar-refractivity contribution in [3.63, 3.8) is 0 Å². The highest BCUT2D eigenvalue weighted by Gasteiger charge is 2.08. The number of aromatic nitrogens is 1. The van der Waals surface area contributed by atoms with Gasteiger partial charge >= 0.3 is 0 Å². The standard InChI is InChI=1S/C8H7Cl2N3/c9-6-3-5(4-13-8(6)10)7(12)1-2-11/h3-4,7H,1,12H2/t7-/m0/s1. The lowest BCUT2D eigenvalue weighted by molar-refractivity contribution is 0.744. The second-order valence-corrected chi connectivity index (χ2v) is 3.28. The molecule has 0 saturated carbocycles. The zero-order chi connectivity index (χ0) is 9.84. The Labute approximate surface area is 86.1 Å². The highest BCUT2D eigenvalue weighted by Crippen LogP contribution is 2.23. The first-order valence-corrected chi connectivity index (χ1v) is 4.34. The van der Waals surface area contributed by atoms with Crippen molar-refractivity contribution in [3.8, 4) is 6.07 Å². The van der Waals surface area contributed by atoms with Crippen molar-refractivity contribution in [2.24, 2.45) is 5.73 Å². The normalized spacial score (nSPS) is 12.2. The Bertz CT molecular complexity index is 346. The van der Waals surface area contributed by atoms with E-state index in [1.54, 1.807) is 6.07 Å². The molecule has 5 heteroatoms. The van der Waals surface area contributed by atoms with Crippen molar-refractivity contribution >= 4 is 23.2 Å². The van der Waals surface area contributed by atoms with Gasteiger partial charge in [0.25, 0.3) is 0 Å². The Morgan fingerprint density at radius 3 is 2.85 bits per heavy atom. The molecule has 0 unspecified atom stereocenters. The second kappa shape index (κ2) is 4.43. The number of halogens is 2. The van der Waals surface area contributed by atoms with Gasteiger partial charge < -0.3 is 5.73 Å². The lowest BCUT2D eigenvalue weighted by Gasteiger charge is -2.07. The Hall–Kier alpha value is -0.820. The van der Waals surface area contributed by atoms with Gasteiger partial charge in [-0.25, -0.2) is 4.98 Å². The summed E-state index contributed by atoms with van der Waals surface area (Å²) in [5.74, 6) is 0. The van der Waals surface area contributed by atoms with Crippen molar-refractivity contribution in [1.29, 1.82) is 5.26 Å². The van der Waals surface area contributed by atoms with Crippen LogP contribution in [0.1, 0.15) is 18.0 Å². The maximum absolute atomic E-state index is 8.41. The molecule has 1 aromatic heterocycles. The minimum absolute atomic E-state index is 0.236. The van der Waals surface area contributed by atoms with Crippen molar-refractivity contribution in [1.82, 2.24) is 4.98 Å². The van der Waals surface area contributed by atoms with E-state index < -0.39 is 0 Å². The molecule has 0 saturated heterocycles. The lowest BCUT2D eigenvalue weighted by Crippen LogP contribution is -2.09. The van der Waals surface area contributed by atoms with Gasteiger partial charge in [0.2, 0.25) is 0 Å². The molecule has 1 atom stereocenters. The van der Waals surface area contributed by atoms with E-state index in [0.717, 1.165) is 5.56 Å². The van der Waals surface area contributed by atoms with E-state index in [0.29, 0.717) is 5.02 Å². The van der Waals surface area contributed by atoms with Crippen LogP contribution in [0.25, 0.3) is 0 Å². The summed E-state index contributed by atoms with van der Waals surface area (Å²) in [5, 5.41) is 9.01. The van der Waals surface area contributed by atoms with Gasteiger partial charge in [-0.15, -0.1) is 0 Å². The van der Waals surface area contributed by atoms with Crippen LogP contribution in [-0.2, 0) is 0 Å². The first-order valence-electron chi connectivity index (χ1n) is 3.58. The summed E-state index contributed by atoms with van der Waals surface area (Å²) in [4.78, 5) is 3.83. The summed E-state index contributed by atoms with van der Waals surface area (Å²) in [6, 6.07) is 3.24. The molecule has 3 nitrogen and oxygen atoms in total. The predicted octanol–water partition coefficient (Wildman–Crippen LogP) is 2.30. The number of rotatable bonds is 2. The molecular weight excluding hydrogens is 209 g/mol. The van der Waals surface area contributed by atoms with Crippen LogP contribution in [-0.4, -0.2) is 4.98 Å². The van der Waals surface area contributed by atoms with Gasteiger partial charge in [0.1, 0.15) is 5.15 Å². The van der Waals surface area contributed by atoms with Crippen LogP contribution in [0.2, 0.25) is 10.2 Å². The number of nitrogens with zero attached hydrogens (tertiary/aromatic N) is 2. The van der Waals surface area contributed by atoms with E-state index in [9.17, 15) is 0 Å². The predicted molar refractivity (Wildman–Crippen MR) is 51.4 cm³/mol. The topological polar surface area (TPSA) is 62.7 Å². The molecule has 2 N–H and O–H groups in total. The summed E-state index contributed by atoms with van der Waals surface area (Å²) in [6.07, 6.45) is 1.76. The molecule has 0 amide bonds. The van der Waals surface area contributed by atoms with Crippen LogP contribution in [0, 0.1) is 11.3 Å². The Balaban J connectivity index is 2.91. The summed E-state index contributed by atoms with van der Waals surface area (Å²) >= 11 is 11.3. The van der Waals surface area contributed by atoms with E-state index in [4.69, 9.17) is 34.2 Å². The third kappa shape index (κ3) is 2.56. The summed E-state index contributed by atoms with van der Waals surface area (Å²) in [7, 11) is 0. The fourth-order valence-corrected chi connectivity index (χ4v) is 1.13. The summed E-state index contributed by atoms with van der Waals surface area (Å²) in [5.41, 5.74) is 6.38. The number of nitriles is 1. The van der Waals surface area contributed by atoms with E-state index in [1.807, 2.05) is 6.07 Å². The molecular formula is C8H7Cl2N3. The van der Waals surface area contributed by atoms with Crippen LogP contribution in [0.15, 0.2) is 12.3 Å². The van der Waals surface area contributed by atoms with E-state index in [1.165, 1.54) is 6.20 Å². The molecule has 0 aliphatic heterocycles. The Kier molecular flexibility index (Phi) is 3.49. The van der Waals surface area contributed by atoms with Gasteiger partial charge in [-0.3, -0.25) is 0 Å². The molecule has 0 bridgehead atoms.